The number of hydrogen-bond donors (Lipinski definition) is 3. The van der Waals surface area contributed by atoms with E-state index in [1.165, 1.54) is 0 Å². The molecule has 3 aromatic rings. The van der Waals surface area contributed by atoms with Crippen molar-refractivity contribution in [3.8, 4) is 0 Å². The van der Waals surface area contributed by atoms with Gasteiger partial charge in [-0.1, -0.05) is 22.0 Å². The van der Waals surface area contributed by atoms with Crippen molar-refractivity contribution in [2.45, 2.75) is 6.18 Å². The third-order valence-corrected chi connectivity index (χ3v) is 3.12. The topological polar surface area (TPSA) is 105 Å². The molecule has 0 amide bonds. The van der Waals surface area contributed by atoms with Gasteiger partial charge in [-0.2, -0.15) is 18.3 Å². The Kier molecular flexibility index (Phi) is 4.22. The summed E-state index contributed by atoms with van der Waals surface area (Å²) in [6.07, 6.45) is -3.32. The van der Waals surface area contributed by atoms with Crippen molar-refractivity contribution in [3.05, 3.63) is 28.9 Å². The van der Waals surface area contributed by atoms with Crippen LogP contribution < -0.4 is 5.73 Å². The first-order valence-electron chi connectivity index (χ1n) is 5.68. The fourth-order valence-electron chi connectivity index (χ4n) is 1.70. The Morgan fingerprint density at radius 1 is 1.32 bits per heavy atom. The van der Waals surface area contributed by atoms with Gasteiger partial charge in [0.05, 0.1) is 11.7 Å². The number of hydrogen-bond acceptors (Lipinski definition) is 4. The zero-order valence-electron chi connectivity index (χ0n) is 10.6. The molecule has 0 aliphatic heterocycles. The van der Waals surface area contributed by atoms with Crippen molar-refractivity contribution in [3.63, 3.8) is 0 Å². The number of nitrogens with two attached hydrogens (primary N) is 1. The lowest BCUT2D eigenvalue weighted by Crippen LogP contribution is -2.21. The number of H-pyrrole nitrogens is 1. The Morgan fingerprint density at radius 3 is 2.55 bits per heavy atom. The number of carboxylic acids is 1. The SMILES string of the molecule is Nc1nc2cc(Br)ccc2c2cn[nH]c12.O=C(O)C(F)(F)F. The Balaban J connectivity index is 0.000000217. The molecule has 3 rings (SSSR count). The van der Waals surface area contributed by atoms with Crippen LogP contribution in [0.4, 0.5) is 19.0 Å². The van der Waals surface area contributed by atoms with Crippen LogP contribution in [0.3, 0.4) is 0 Å². The molecule has 0 aliphatic carbocycles. The van der Waals surface area contributed by atoms with Crippen molar-refractivity contribution in [2.75, 3.05) is 5.73 Å². The molecular weight excluding hydrogens is 369 g/mol. The van der Waals surface area contributed by atoms with Crippen LogP contribution in [0.15, 0.2) is 28.9 Å². The first-order chi connectivity index (χ1) is 10.2. The number of aliphatic carboxylic acids is 1. The highest BCUT2D eigenvalue weighted by Gasteiger charge is 2.38. The molecule has 4 N–H and O–H groups in total. The summed E-state index contributed by atoms with van der Waals surface area (Å²) in [5, 5.41) is 16.0. The average Bonchev–Trinajstić information content (AvgIpc) is 2.88. The highest BCUT2D eigenvalue weighted by atomic mass is 79.9. The van der Waals surface area contributed by atoms with Crippen LogP contribution in [0.25, 0.3) is 21.8 Å². The number of carbonyl (C=O) groups is 1. The lowest BCUT2D eigenvalue weighted by Gasteiger charge is -2.01. The monoisotopic (exact) mass is 376 g/mol. The van der Waals surface area contributed by atoms with E-state index in [-0.39, 0.29) is 0 Å². The van der Waals surface area contributed by atoms with E-state index >= 15 is 0 Å². The maximum Gasteiger partial charge on any atom is 0.490 e. The van der Waals surface area contributed by atoms with Crippen molar-refractivity contribution in [1.29, 1.82) is 0 Å². The van der Waals surface area contributed by atoms with Crippen molar-refractivity contribution in [1.82, 2.24) is 15.2 Å². The van der Waals surface area contributed by atoms with Gasteiger partial charge in [0.2, 0.25) is 0 Å². The van der Waals surface area contributed by atoms with Crippen LogP contribution in [-0.4, -0.2) is 32.4 Å². The lowest BCUT2D eigenvalue weighted by atomic mass is 10.1. The smallest absolute Gasteiger partial charge is 0.475 e. The van der Waals surface area contributed by atoms with E-state index in [1.807, 2.05) is 18.2 Å². The summed E-state index contributed by atoms with van der Waals surface area (Å²) >= 11 is 3.41. The number of benzene rings is 1. The quantitative estimate of drug-likeness (QED) is 0.559. The maximum atomic E-state index is 10.6. The normalized spacial score (nSPS) is 11.3. The Hall–Kier alpha value is -2.36. The van der Waals surface area contributed by atoms with Gasteiger partial charge in [0.1, 0.15) is 11.3 Å². The van der Waals surface area contributed by atoms with Crippen LogP contribution in [0, 0.1) is 0 Å². The lowest BCUT2D eigenvalue weighted by molar-refractivity contribution is -0.192. The number of carboxylic acid groups (broad SMARTS) is 1. The molecule has 0 unspecified atom stereocenters. The summed E-state index contributed by atoms with van der Waals surface area (Å²) in [6, 6.07) is 5.93. The second kappa shape index (κ2) is 5.79. The number of fused-ring (bicyclic) bond motifs is 3. The molecule has 0 aliphatic rings. The predicted octanol–water partition coefficient (Wildman–Crippen LogP) is 3.09. The van der Waals surface area contributed by atoms with Gasteiger partial charge < -0.3 is 10.8 Å². The molecule has 0 atom stereocenters. The van der Waals surface area contributed by atoms with Gasteiger partial charge in [-0.25, -0.2) is 9.78 Å². The van der Waals surface area contributed by atoms with Gasteiger partial charge in [-0.15, -0.1) is 0 Å². The van der Waals surface area contributed by atoms with E-state index in [2.05, 4.69) is 31.1 Å². The predicted molar refractivity (Wildman–Crippen MR) is 77.2 cm³/mol. The molecule has 0 radical (unpaired) electrons. The van der Waals surface area contributed by atoms with Gasteiger partial charge in [-0.05, 0) is 12.1 Å². The zero-order chi connectivity index (χ0) is 16.5. The summed E-state index contributed by atoms with van der Waals surface area (Å²) in [5.41, 5.74) is 7.49. The molecule has 0 saturated heterocycles. The van der Waals surface area contributed by atoms with Crippen LogP contribution in [0.2, 0.25) is 0 Å². The number of nitrogen functional groups attached to an aromatic ring is 1. The third kappa shape index (κ3) is 3.27. The summed E-state index contributed by atoms with van der Waals surface area (Å²) < 4.78 is 32.7. The fraction of sp³-hybridized carbons (Fsp3) is 0.0833. The van der Waals surface area contributed by atoms with E-state index in [4.69, 9.17) is 15.6 Å². The second-order valence-electron chi connectivity index (χ2n) is 4.12. The molecule has 10 heteroatoms. The number of halogens is 4. The Morgan fingerprint density at radius 2 is 1.95 bits per heavy atom. The molecule has 0 bridgehead atoms. The number of nitrogens with zero attached hydrogens (tertiary/aromatic N) is 2. The number of aromatic amines is 1. The third-order valence-electron chi connectivity index (χ3n) is 2.63. The number of aromatic nitrogens is 3. The standard InChI is InChI=1S/C10H7BrN4.C2HF3O2/c11-5-1-2-6-7-4-13-15-9(7)10(12)14-8(6)3-5;3-2(4,5)1(6)7/h1-4H,(H2,12,14)(H,13,15);(H,6,7). The van der Waals surface area contributed by atoms with Crippen LogP contribution >= 0.6 is 15.9 Å². The molecule has 6 nitrogen and oxygen atoms in total. The molecule has 22 heavy (non-hydrogen) atoms. The first-order valence-corrected chi connectivity index (χ1v) is 6.47. The highest BCUT2D eigenvalue weighted by Crippen LogP contribution is 2.27. The summed E-state index contributed by atoms with van der Waals surface area (Å²) in [4.78, 5) is 13.2. The van der Waals surface area contributed by atoms with Gasteiger partial charge in [0.15, 0.2) is 0 Å². The number of nitrogens with one attached hydrogen (secondary N) is 1. The fourth-order valence-corrected chi connectivity index (χ4v) is 2.05. The molecule has 1 aromatic carbocycles. The molecule has 0 saturated carbocycles. The zero-order valence-corrected chi connectivity index (χ0v) is 12.2. The van der Waals surface area contributed by atoms with E-state index in [1.54, 1.807) is 6.20 Å². The Bertz CT molecular complexity index is 847. The minimum absolute atomic E-state index is 0.480. The summed E-state index contributed by atoms with van der Waals surface area (Å²) in [6.45, 7) is 0. The Labute approximate surface area is 129 Å². The number of anilines is 1. The largest absolute Gasteiger partial charge is 0.490 e. The second-order valence-corrected chi connectivity index (χ2v) is 5.04. The van der Waals surface area contributed by atoms with Gasteiger partial charge >= 0.3 is 12.1 Å². The number of alkyl halides is 3. The molecule has 0 fully saturated rings. The molecule has 2 heterocycles. The molecule has 0 spiro atoms. The molecule has 2 aromatic heterocycles. The van der Waals surface area contributed by atoms with Crippen molar-refractivity contribution >= 4 is 49.5 Å². The first kappa shape index (κ1) is 16.0. The van der Waals surface area contributed by atoms with E-state index in [9.17, 15) is 13.2 Å². The van der Waals surface area contributed by atoms with Crippen molar-refractivity contribution in [2.24, 2.45) is 0 Å². The highest BCUT2D eigenvalue weighted by molar-refractivity contribution is 9.10. The van der Waals surface area contributed by atoms with Crippen LogP contribution in [0.5, 0.6) is 0 Å². The van der Waals surface area contributed by atoms with Crippen LogP contribution in [-0.2, 0) is 4.79 Å². The van der Waals surface area contributed by atoms with E-state index in [0.29, 0.717) is 5.82 Å². The number of pyridine rings is 1. The van der Waals surface area contributed by atoms with Crippen LogP contribution in [0.1, 0.15) is 0 Å². The van der Waals surface area contributed by atoms with E-state index in [0.717, 1.165) is 26.3 Å². The van der Waals surface area contributed by atoms with Gasteiger partial charge in [0.25, 0.3) is 0 Å². The van der Waals surface area contributed by atoms with Gasteiger partial charge in [0, 0.05) is 15.2 Å². The van der Waals surface area contributed by atoms with E-state index < -0.39 is 12.1 Å². The minimum atomic E-state index is -5.08. The summed E-state index contributed by atoms with van der Waals surface area (Å²) in [5.74, 6) is -2.28. The van der Waals surface area contributed by atoms with Gasteiger partial charge in [-0.3, -0.25) is 5.10 Å². The minimum Gasteiger partial charge on any atom is -0.475 e. The molecular formula is C12H8BrF3N4O2. The molecule has 116 valence electrons. The average molecular weight is 377 g/mol. The number of rotatable bonds is 0. The maximum absolute atomic E-state index is 10.6. The summed E-state index contributed by atoms with van der Waals surface area (Å²) in [7, 11) is 0. The van der Waals surface area contributed by atoms with Crippen molar-refractivity contribution < 1.29 is 23.1 Å².